The van der Waals surface area contributed by atoms with Crippen LogP contribution < -0.4 is 4.74 Å². The topological polar surface area (TPSA) is 9.23 Å². The maximum absolute atomic E-state index is 14.2. The van der Waals surface area contributed by atoms with Crippen molar-refractivity contribution in [3.8, 4) is 5.75 Å². The fourth-order valence-electron chi connectivity index (χ4n) is 7.28. The monoisotopic (exact) mass is 512 g/mol. The Morgan fingerprint density at radius 2 is 1.19 bits per heavy atom. The minimum Gasteiger partial charge on any atom is -0.429 e. The number of rotatable bonds is 8. The van der Waals surface area contributed by atoms with Gasteiger partial charge in [0, 0.05) is 18.2 Å². The number of halogens is 5. The highest BCUT2D eigenvalue weighted by Crippen LogP contribution is 2.46. The second kappa shape index (κ2) is 12.3. The first-order valence-corrected chi connectivity index (χ1v) is 14.1. The average molecular weight is 513 g/mol. The van der Waals surface area contributed by atoms with Crippen LogP contribution >= 0.6 is 0 Å². The molecule has 0 amide bonds. The Kier molecular flexibility index (Phi) is 9.38. The van der Waals surface area contributed by atoms with E-state index in [0.29, 0.717) is 24.1 Å². The van der Waals surface area contributed by atoms with E-state index in [2.05, 4.69) is 11.7 Å². The molecule has 3 aliphatic rings. The number of ether oxygens (including phenoxy) is 1. The van der Waals surface area contributed by atoms with Crippen LogP contribution in [0.15, 0.2) is 24.3 Å². The summed E-state index contributed by atoms with van der Waals surface area (Å²) in [5.41, 5.74) is 0. The third-order valence-electron chi connectivity index (χ3n) is 9.33. The summed E-state index contributed by atoms with van der Waals surface area (Å²) in [6.45, 7) is 2.30. The number of benzene rings is 1. The average Bonchev–Trinajstić information content (AvgIpc) is 2.87. The lowest BCUT2D eigenvalue weighted by atomic mass is 9.65. The molecule has 0 saturated heterocycles. The molecule has 3 saturated carbocycles. The molecule has 0 N–H and O–H groups in total. The van der Waals surface area contributed by atoms with Crippen molar-refractivity contribution in [1.29, 1.82) is 0 Å². The van der Waals surface area contributed by atoms with Crippen LogP contribution in [0.25, 0.3) is 0 Å². The van der Waals surface area contributed by atoms with Crippen LogP contribution in [0.3, 0.4) is 0 Å². The predicted molar refractivity (Wildman–Crippen MR) is 132 cm³/mol. The third kappa shape index (κ3) is 7.25. The van der Waals surface area contributed by atoms with Gasteiger partial charge in [0.1, 0.15) is 5.75 Å². The second-order valence-electron chi connectivity index (χ2n) is 11.6. The van der Waals surface area contributed by atoms with E-state index < -0.39 is 29.3 Å². The number of allylic oxidation sites excluding steroid dienone is 1. The van der Waals surface area contributed by atoms with E-state index in [1.54, 1.807) is 0 Å². The van der Waals surface area contributed by atoms with Crippen LogP contribution in [0.1, 0.15) is 96.8 Å². The van der Waals surface area contributed by atoms with Crippen molar-refractivity contribution in [1.82, 2.24) is 0 Å². The molecule has 0 aromatic heterocycles. The van der Waals surface area contributed by atoms with E-state index >= 15 is 0 Å². The smallest absolute Gasteiger partial charge is 0.419 e. The van der Waals surface area contributed by atoms with E-state index in [9.17, 15) is 22.0 Å². The molecule has 4 rings (SSSR count). The summed E-state index contributed by atoms with van der Waals surface area (Å²) < 4.78 is 72.4. The van der Waals surface area contributed by atoms with Crippen LogP contribution in [0.2, 0.25) is 0 Å². The van der Waals surface area contributed by atoms with Crippen molar-refractivity contribution in [2.24, 2.45) is 35.5 Å². The number of alkyl halides is 2. The molecule has 6 heteroatoms. The molecule has 0 aliphatic heterocycles. The summed E-state index contributed by atoms with van der Waals surface area (Å²) in [6, 6.07) is 0.856. The van der Waals surface area contributed by atoms with Crippen molar-refractivity contribution in [3.63, 3.8) is 0 Å². The lowest BCUT2D eigenvalue weighted by molar-refractivity contribution is -0.132. The zero-order chi connectivity index (χ0) is 25.7. The van der Waals surface area contributed by atoms with Gasteiger partial charge in [-0.05, 0) is 99.7 Å². The molecule has 3 fully saturated rings. The largest absolute Gasteiger partial charge is 0.429 e. The van der Waals surface area contributed by atoms with E-state index in [-0.39, 0.29) is 5.92 Å². The van der Waals surface area contributed by atoms with Gasteiger partial charge in [0.05, 0.1) is 0 Å². The van der Waals surface area contributed by atoms with Crippen molar-refractivity contribution in [3.05, 3.63) is 41.7 Å². The van der Waals surface area contributed by atoms with Gasteiger partial charge in [0.2, 0.25) is 0 Å². The van der Waals surface area contributed by atoms with Gasteiger partial charge in [-0.2, -0.15) is 8.78 Å². The summed E-state index contributed by atoms with van der Waals surface area (Å²) >= 11 is 0. The standard InChI is InChI=1S/C30H41F5O/c1-2-3-20-4-8-22(9-5-20)24-12-14-25(15-13-24)23-10-6-21(7-11-23)16-17-30(34,35)36-26-18-27(31)29(33)28(32)19-26/h16-25H,2-15H2,1H3/b17-16+. The van der Waals surface area contributed by atoms with Gasteiger partial charge in [-0.15, -0.1) is 0 Å². The molecular weight excluding hydrogens is 471 g/mol. The van der Waals surface area contributed by atoms with Gasteiger partial charge in [0.25, 0.3) is 0 Å². The van der Waals surface area contributed by atoms with Crippen molar-refractivity contribution in [2.75, 3.05) is 0 Å². The third-order valence-corrected chi connectivity index (χ3v) is 9.33. The van der Waals surface area contributed by atoms with Crippen LogP contribution in [-0.2, 0) is 0 Å². The van der Waals surface area contributed by atoms with Crippen LogP contribution in [-0.4, -0.2) is 6.11 Å². The molecule has 1 aromatic carbocycles. The maximum atomic E-state index is 14.2. The molecule has 36 heavy (non-hydrogen) atoms. The van der Waals surface area contributed by atoms with Gasteiger partial charge in [-0.25, -0.2) is 13.2 Å². The van der Waals surface area contributed by atoms with E-state index in [0.717, 1.165) is 49.4 Å². The van der Waals surface area contributed by atoms with E-state index in [1.807, 2.05) is 0 Å². The van der Waals surface area contributed by atoms with Gasteiger partial charge in [-0.3, -0.25) is 0 Å². The molecule has 0 bridgehead atoms. The normalized spacial score (nSPS) is 32.1. The first-order chi connectivity index (χ1) is 17.2. The minimum atomic E-state index is -3.72. The fourth-order valence-corrected chi connectivity index (χ4v) is 7.28. The lowest BCUT2D eigenvalue weighted by Crippen LogP contribution is -2.29. The summed E-state index contributed by atoms with van der Waals surface area (Å²) in [4.78, 5) is 0. The molecule has 0 unspecified atom stereocenters. The van der Waals surface area contributed by atoms with Gasteiger partial charge in [-0.1, -0.05) is 38.7 Å². The highest BCUT2D eigenvalue weighted by atomic mass is 19.3. The first kappa shape index (κ1) is 27.4. The summed E-state index contributed by atoms with van der Waals surface area (Å²) in [7, 11) is 0. The van der Waals surface area contributed by atoms with Crippen molar-refractivity contribution < 1.29 is 26.7 Å². The second-order valence-corrected chi connectivity index (χ2v) is 11.6. The molecule has 202 valence electrons. The van der Waals surface area contributed by atoms with Crippen LogP contribution in [0.5, 0.6) is 5.75 Å². The van der Waals surface area contributed by atoms with Crippen LogP contribution in [0, 0.1) is 53.0 Å². The Hall–Kier alpha value is -1.59. The van der Waals surface area contributed by atoms with Gasteiger partial charge >= 0.3 is 6.11 Å². The zero-order valence-electron chi connectivity index (χ0n) is 21.5. The van der Waals surface area contributed by atoms with E-state index in [1.165, 1.54) is 70.3 Å². The van der Waals surface area contributed by atoms with Crippen molar-refractivity contribution in [2.45, 2.75) is 103 Å². The Labute approximate surface area is 212 Å². The molecule has 3 aliphatic carbocycles. The lowest BCUT2D eigenvalue weighted by Gasteiger charge is -2.41. The quantitative estimate of drug-likeness (QED) is 0.191. The number of hydrogen-bond donors (Lipinski definition) is 0. The molecule has 0 atom stereocenters. The van der Waals surface area contributed by atoms with Crippen LogP contribution in [0.4, 0.5) is 22.0 Å². The highest BCUT2D eigenvalue weighted by Gasteiger charge is 2.35. The molecule has 1 nitrogen and oxygen atoms in total. The minimum absolute atomic E-state index is 0.0482. The number of hydrogen-bond acceptors (Lipinski definition) is 1. The summed E-state index contributed by atoms with van der Waals surface area (Å²) in [6.07, 6.45) is 16.1. The van der Waals surface area contributed by atoms with Crippen molar-refractivity contribution >= 4 is 0 Å². The molecule has 0 radical (unpaired) electrons. The SMILES string of the molecule is CCCC1CCC(C2CCC(C3CCC(/C=C/C(F)(F)Oc4cc(F)c(F)c(F)c4)CC3)CC2)CC1. The van der Waals surface area contributed by atoms with E-state index in [4.69, 9.17) is 0 Å². The summed E-state index contributed by atoms with van der Waals surface area (Å²) in [5, 5.41) is 0. The maximum Gasteiger partial charge on any atom is 0.419 e. The zero-order valence-corrected chi connectivity index (χ0v) is 21.5. The molecule has 0 heterocycles. The van der Waals surface area contributed by atoms with Gasteiger partial charge in [0.15, 0.2) is 17.5 Å². The Morgan fingerprint density at radius 3 is 1.67 bits per heavy atom. The molecule has 1 aromatic rings. The highest BCUT2D eigenvalue weighted by molar-refractivity contribution is 5.26. The summed E-state index contributed by atoms with van der Waals surface area (Å²) in [5.74, 6) is -1.24. The Morgan fingerprint density at radius 1 is 0.750 bits per heavy atom. The Balaban J connectivity index is 1.18. The fraction of sp³-hybridized carbons (Fsp3) is 0.733. The molecular formula is C30H41F5O. The Bertz CT molecular complexity index is 837. The predicted octanol–water partition coefficient (Wildman–Crippen LogP) is 9.85. The van der Waals surface area contributed by atoms with Gasteiger partial charge < -0.3 is 4.74 Å². The molecule has 0 spiro atoms. The first-order valence-electron chi connectivity index (χ1n) is 14.1.